The number of para-hydroxylation sites is 1. The molecule has 5 nitrogen and oxygen atoms in total. The van der Waals surface area contributed by atoms with E-state index in [9.17, 15) is 14.0 Å². The Morgan fingerprint density at radius 2 is 1.58 bits per heavy atom. The van der Waals surface area contributed by atoms with E-state index >= 15 is 0 Å². The van der Waals surface area contributed by atoms with Crippen LogP contribution in [0.25, 0.3) is 0 Å². The van der Waals surface area contributed by atoms with Crippen molar-refractivity contribution in [1.29, 1.82) is 0 Å². The van der Waals surface area contributed by atoms with E-state index in [0.29, 0.717) is 25.0 Å². The van der Waals surface area contributed by atoms with Crippen LogP contribution in [0, 0.1) is 5.82 Å². The Bertz CT molecular complexity index is 1090. The fraction of sp³-hybridized carbons (Fsp3) is 0.333. The SMILES string of the molecule is CC[C@@H](C)NC(=O)[C@@H](Cc1ccccc1)N(Cc1ccccc1F)C(=O)CCCOc1ccccc1. The summed E-state index contributed by atoms with van der Waals surface area (Å²) in [6.45, 7) is 4.30. The van der Waals surface area contributed by atoms with Crippen LogP contribution in [0.4, 0.5) is 4.39 Å². The van der Waals surface area contributed by atoms with Gasteiger partial charge in [0.25, 0.3) is 0 Å². The van der Waals surface area contributed by atoms with Gasteiger partial charge in [0, 0.05) is 31.0 Å². The average molecular weight is 491 g/mol. The summed E-state index contributed by atoms with van der Waals surface area (Å²) in [5.74, 6) is -0.111. The summed E-state index contributed by atoms with van der Waals surface area (Å²) < 4.78 is 20.3. The van der Waals surface area contributed by atoms with Gasteiger partial charge in [0.1, 0.15) is 17.6 Å². The molecular formula is C30H35FN2O3. The average Bonchev–Trinajstić information content (AvgIpc) is 2.90. The Morgan fingerprint density at radius 1 is 0.944 bits per heavy atom. The fourth-order valence-corrected chi connectivity index (χ4v) is 3.88. The lowest BCUT2D eigenvalue weighted by Crippen LogP contribution is -2.52. The predicted octanol–water partition coefficient (Wildman–Crippen LogP) is 5.54. The lowest BCUT2D eigenvalue weighted by atomic mass is 10.0. The van der Waals surface area contributed by atoms with Crippen molar-refractivity contribution < 1.29 is 18.7 Å². The zero-order valence-corrected chi connectivity index (χ0v) is 21.0. The third kappa shape index (κ3) is 8.22. The van der Waals surface area contributed by atoms with Gasteiger partial charge >= 0.3 is 0 Å². The van der Waals surface area contributed by atoms with E-state index in [1.165, 1.54) is 11.0 Å². The molecular weight excluding hydrogens is 455 g/mol. The van der Waals surface area contributed by atoms with Gasteiger partial charge in [0.2, 0.25) is 11.8 Å². The lowest BCUT2D eigenvalue weighted by molar-refractivity contribution is -0.141. The maximum Gasteiger partial charge on any atom is 0.243 e. The van der Waals surface area contributed by atoms with Gasteiger partial charge in [0.05, 0.1) is 6.61 Å². The van der Waals surface area contributed by atoms with Crippen molar-refractivity contribution in [2.45, 2.75) is 58.2 Å². The molecule has 2 amide bonds. The van der Waals surface area contributed by atoms with Crippen molar-refractivity contribution in [2.75, 3.05) is 6.61 Å². The van der Waals surface area contributed by atoms with Gasteiger partial charge in [-0.1, -0.05) is 73.7 Å². The monoisotopic (exact) mass is 490 g/mol. The Labute approximate surface area is 213 Å². The minimum absolute atomic E-state index is 0.0104. The fourth-order valence-electron chi connectivity index (χ4n) is 3.88. The number of amides is 2. The third-order valence-corrected chi connectivity index (χ3v) is 6.12. The Balaban J connectivity index is 1.81. The minimum Gasteiger partial charge on any atom is -0.494 e. The van der Waals surface area contributed by atoms with Crippen LogP contribution in [0.5, 0.6) is 5.75 Å². The van der Waals surface area contributed by atoms with Crippen LogP contribution in [-0.2, 0) is 22.6 Å². The molecule has 0 aliphatic heterocycles. The van der Waals surface area contributed by atoms with Crippen LogP contribution in [0.2, 0.25) is 0 Å². The zero-order chi connectivity index (χ0) is 25.8. The molecule has 0 heterocycles. The number of benzene rings is 3. The van der Waals surface area contributed by atoms with Gasteiger partial charge in [-0.25, -0.2) is 4.39 Å². The summed E-state index contributed by atoms with van der Waals surface area (Å²) in [6.07, 6.45) is 1.77. The van der Waals surface area contributed by atoms with E-state index in [-0.39, 0.29) is 30.8 Å². The number of nitrogens with zero attached hydrogens (tertiary/aromatic N) is 1. The van der Waals surface area contributed by atoms with Crippen molar-refractivity contribution in [3.8, 4) is 5.75 Å². The van der Waals surface area contributed by atoms with Crippen LogP contribution < -0.4 is 10.1 Å². The van der Waals surface area contributed by atoms with Crippen molar-refractivity contribution >= 4 is 11.8 Å². The standard InChI is InChI=1S/C30H35FN2O3/c1-3-23(2)32-30(35)28(21-24-13-6-4-7-14-24)33(22-25-15-10-11-18-27(25)31)29(34)19-12-20-36-26-16-8-5-9-17-26/h4-11,13-18,23,28H,3,12,19-22H2,1-2H3,(H,32,35)/t23-,28-/m1/s1. The maximum atomic E-state index is 14.6. The van der Waals surface area contributed by atoms with Gasteiger partial charge in [-0.2, -0.15) is 0 Å². The van der Waals surface area contributed by atoms with Crippen LogP contribution in [0.15, 0.2) is 84.9 Å². The Kier molecular flexibility index (Phi) is 10.5. The molecule has 1 N–H and O–H groups in total. The lowest BCUT2D eigenvalue weighted by Gasteiger charge is -2.32. The number of carbonyl (C=O) groups excluding carboxylic acids is 2. The number of rotatable bonds is 13. The minimum atomic E-state index is -0.774. The molecule has 3 aromatic carbocycles. The molecule has 0 spiro atoms. The first kappa shape index (κ1) is 26.9. The molecule has 0 aliphatic rings. The summed E-state index contributed by atoms with van der Waals surface area (Å²) in [4.78, 5) is 28.5. The number of carbonyl (C=O) groups is 2. The third-order valence-electron chi connectivity index (χ3n) is 6.12. The Hall–Kier alpha value is -3.67. The molecule has 6 heteroatoms. The molecule has 0 fully saturated rings. The van der Waals surface area contributed by atoms with Gasteiger partial charge in [-0.05, 0) is 43.5 Å². The molecule has 36 heavy (non-hydrogen) atoms. The van der Waals surface area contributed by atoms with E-state index in [2.05, 4.69) is 5.32 Å². The second kappa shape index (κ2) is 14.0. The number of nitrogens with one attached hydrogen (secondary N) is 1. The normalized spacial score (nSPS) is 12.4. The molecule has 0 radical (unpaired) electrons. The molecule has 3 aromatic rings. The molecule has 2 atom stereocenters. The highest BCUT2D eigenvalue weighted by molar-refractivity contribution is 5.88. The van der Waals surface area contributed by atoms with Crippen molar-refractivity contribution in [2.24, 2.45) is 0 Å². The van der Waals surface area contributed by atoms with Crippen LogP contribution in [0.1, 0.15) is 44.2 Å². The number of hydrogen-bond donors (Lipinski definition) is 1. The number of halogens is 1. The summed E-state index contributed by atoms with van der Waals surface area (Å²) in [7, 11) is 0. The van der Waals surface area contributed by atoms with Crippen molar-refractivity contribution in [1.82, 2.24) is 10.2 Å². The largest absolute Gasteiger partial charge is 0.494 e. The van der Waals surface area contributed by atoms with Gasteiger partial charge in [-0.15, -0.1) is 0 Å². The van der Waals surface area contributed by atoms with E-state index < -0.39 is 11.9 Å². The number of hydrogen-bond acceptors (Lipinski definition) is 3. The molecule has 0 aliphatic carbocycles. The molecule has 0 aromatic heterocycles. The maximum absolute atomic E-state index is 14.6. The summed E-state index contributed by atoms with van der Waals surface area (Å²) in [5, 5.41) is 3.02. The van der Waals surface area contributed by atoms with Crippen molar-refractivity contribution in [3.05, 3.63) is 102 Å². The predicted molar refractivity (Wildman–Crippen MR) is 140 cm³/mol. The highest BCUT2D eigenvalue weighted by atomic mass is 19.1. The molecule has 0 saturated carbocycles. The zero-order valence-electron chi connectivity index (χ0n) is 21.0. The first-order valence-electron chi connectivity index (χ1n) is 12.5. The van der Waals surface area contributed by atoms with E-state index in [4.69, 9.17) is 4.74 Å². The smallest absolute Gasteiger partial charge is 0.243 e. The summed E-state index contributed by atoms with van der Waals surface area (Å²) in [6, 6.07) is 24.6. The second-order valence-electron chi connectivity index (χ2n) is 8.90. The van der Waals surface area contributed by atoms with Crippen LogP contribution >= 0.6 is 0 Å². The van der Waals surface area contributed by atoms with Gasteiger partial charge < -0.3 is 15.0 Å². The van der Waals surface area contributed by atoms with Crippen LogP contribution in [0.3, 0.4) is 0 Å². The molecule has 0 saturated heterocycles. The quantitative estimate of drug-likeness (QED) is 0.320. The second-order valence-corrected chi connectivity index (χ2v) is 8.90. The van der Waals surface area contributed by atoms with Crippen LogP contribution in [-0.4, -0.2) is 35.4 Å². The molecule has 0 unspecified atom stereocenters. The number of ether oxygens (including phenoxy) is 1. The first-order valence-corrected chi connectivity index (χ1v) is 12.5. The highest BCUT2D eigenvalue weighted by Gasteiger charge is 2.31. The van der Waals surface area contributed by atoms with E-state index in [1.807, 2.05) is 74.5 Å². The highest BCUT2D eigenvalue weighted by Crippen LogP contribution is 2.19. The summed E-state index contributed by atoms with van der Waals surface area (Å²) >= 11 is 0. The van der Waals surface area contributed by atoms with E-state index in [1.54, 1.807) is 18.2 Å². The van der Waals surface area contributed by atoms with Gasteiger partial charge in [0.15, 0.2) is 0 Å². The first-order chi connectivity index (χ1) is 17.5. The molecule has 3 rings (SSSR count). The molecule has 190 valence electrons. The Morgan fingerprint density at radius 3 is 2.25 bits per heavy atom. The molecule has 0 bridgehead atoms. The van der Waals surface area contributed by atoms with E-state index in [0.717, 1.165) is 17.7 Å². The van der Waals surface area contributed by atoms with Crippen molar-refractivity contribution in [3.63, 3.8) is 0 Å². The topological polar surface area (TPSA) is 58.6 Å². The summed E-state index contributed by atoms with van der Waals surface area (Å²) in [5.41, 5.74) is 1.31. The van der Waals surface area contributed by atoms with Gasteiger partial charge in [-0.3, -0.25) is 9.59 Å².